The van der Waals surface area contributed by atoms with Gasteiger partial charge < -0.3 is 18.9 Å². The Morgan fingerprint density at radius 3 is 2.72 bits per heavy atom. The number of carbonyl (C=O) groups is 2. The van der Waals surface area contributed by atoms with Crippen LogP contribution in [0.5, 0.6) is 5.75 Å². The highest BCUT2D eigenvalue weighted by Crippen LogP contribution is 2.23. The maximum absolute atomic E-state index is 12.5. The number of hydrogen-bond acceptors (Lipinski definition) is 8. The van der Waals surface area contributed by atoms with Crippen LogP contribution in [-0.4, -0.2) is 39.8 Å². The number of aromatic amines is 1. The van der Waals surface area contributed by atoms with Crippen LogP contribution < -0.4 is 4.74 Å². The lowest BCUT2D eigenvalue weighted by molar-refractivity contribution is 0.0599. The van der Waals surface area contributed by atoms with Crippen molar-refractivity contribution in [1.82, 2.24) is 15.2 Å². The highest BCUT2D eigenvalue weighted by Gasteiger charge is 2.23. The molecule has 0 unspecified atom stereocenters. The van der Waals surface area contributed by atoms with Crippen molar-refractivity contribution in [3.8, 4) is 5.75 Å². The number of ketones is 1. The molecular formula is C20H21N3O5S. The van der Waals surface area contributed by atoms with E-state index in [0.29, 0.717) is 34.2 Å². The number of aromatic nitrogens is 3. The summed E-state index contributed by atoms with van der Waals surface area (Å²) in [7, 11) is 1.31. The van der Waals surface area contributed by atoms with Gasteiger partial charge in [-0.3, -0.25) is 4.79 Å². The Kier molecular flexibility index (Phi) is 6.38. The number of carbonyl (C=O) groups excluding carboxylic acids is 2. The van der Waals surface area contributed by atoms with Crippen molar-refractivity contribution in [2.75, 3.05) is 12.9 Å². The fraction of sp³-hybridized carbons (Fsp3) is 0.300. The van der Waals surface area contributed by atoms with Gasteiger partial charge in [0.1, 0.15) is 5.75 Å². The first-order valence-corrected chi connectivity index (χ1v) is 9.83. The first kappa shape index (κ1) is 20.7. The zero-order valence-corrected chi connectivity index (χ0v) is 17.4. The van der Waals surface area contributed by atoms with Gasteiger partial charge in [-0.05, 0) is 44.0 Å². The van der Waals surface area contributed by atoms with Crippen LogP contribution in [0.4, 0.5) is 0 Å². The average Bonchev–Trinajstić information content (AvgIpc) is 3.28. The molecule has 3 rings (SSSR count). The third-order valence-electron chi connectivity index (χ3n) is 4.23. The summed E-state index contributed by atoms with van der Waals surface area (Å²) in [5.41, 5.74) is 3.01. The van der Waals surface area contributed by atoms with Crippen molar-refractivity contribution in [3.63, 3.8) is 0 Å². The molecule has 0 radical (unpaired) electrons. The highest BCUT2D eigenvalue weighted by molar-refractivity contribution is 7.99. The summed E-state index contributed by atoms with van der Waals surface area (Å²) < 4.78 is 15.9. The number of aryl methyl sites for hydroxylation is 2. The van der Waals surface area contributed by atoms with Crippen LogP contribution in [0.1, 0.15) is 43.6 Å². The normalized spacial score (nSPS) is 10.8. The summed E-state index contributed by atoms with van der Waals surface area (Å²) in [4.78, 5) is 27.4. The number of benzene rings is 1. The number of rotatable bonds is 8. The number of esters is 1. The number of Topliss-reactive ketones (excluding diaryl/α,β-unsaturated/α-hetero) is 1. The molecule has 1 aromatic carbocycles. The molecule has 0 aliphatic rings. The Balaban J connectivity index is 1.58. The highest BCUT2D eigenvalue weighted by atomic mass is 32.2. The van der Waals surface area contributed by atoms with Gasteiger partial charge in [0, 0.05) is 5.69 Å². The maximum Gasteiger partial charge on any atom is 0.339 e. The van der Waals surface area contributed by atoms with Crippen molar-refractivity contribution in [2.24, 2.45) is 0 Å². The van der Waals surface area contributed by atoms with E-state index >= 15 is 0 Å². The van der Waals surface area contributed by atoms with Crippen LogP contribution in [0.25, 0.3) is 0 Å². The third-order valence-corrected chi connectivity index (χ3v) is 5.05. The molecule has 0 aliphatic heterocycles. The Labute approximate surface area is 172 Å². The quantitative estimate of drug-likeness (QED) is 0.337. The van der Waals surface area contributed by atoms with Crippen LogP contribution in [0.15, 0.2) is 33.9 Å². The van der Waals surface area contributed by atoms with Gasteiger partial charge in [0.05, 0.1) is 24.1 Å². The first-order chi connectivity index (χ1) is 13.9. The Morgan fingerprint density at radius 1 is 1.21 bits per heavy atom. The Morgan fingerprint density at radius 2 is 2.00 bits per heavy atom. The lowest BCUT2D eigenvalue weighted by Crippen LogP contribution is -2.07. The topological polar surface area (TPSA) is 107 Å². The van der Waals surface area contributed by atoms with Gasteiger partial charge in [0.15, 0.2) is 12.4 Å². The predicted octanol–water partition coefficient (Wildman–Crippen LogP) is 3.66. The van der Waals surface area contributed by atoms with Crippen LogP contribution in [-0.2, 0) is 11.3 Å². The SMILES string of the molecule is COC(=O)c1c(C)[nH]c(C(=O)CSc2nnc(COc3cccc(C)c3)o2)c1C. The van der Waals surface area contributed by atoms with Crippen LogP contribution >= 0.6 is 11.8 Å². The predicted molar refractivity (Wildman–Crippen MR) is 106 cm³/mol. The molecule has 9 heteroatoms. The first-order valence-electron chi connectivity index (χ1n) is 8.84. The van der Waals surface area contributed by atoms with E-state index in [-0.39, 0.29) is 23.4 Å². The second-order valence-electron chi connectivity index (χ2n) is 6.40. The number of nitrogens with one attached hydrogen (secondary N) is 1. The van der Waals surface area contributed by atoms with E-state index in [1.165, 1.54) is 7.11 Å². The molecule has 0 bridgehead atoms. The number of nitrogens with zero attached hydrogens (tertiary/aromatic N) is 2. The van der Waals surface area contributed by atoms with Crippen LogP contribution in [0, 0.1) is 20.8 Å². The van der Waals surface area contributed by atoms with Crippen molar-refractivity contribution < 1.29 is 23.5 Å². The molecule has 0 fully saturated rings. The van der Waals surface area contributed by atoms with Gasteiger partial charge in [-0.2, -0.15) is 0 Å². The molecule has 29 heavy (non-hydrogen) atoms. The van der Waals surface area contributed by atoms with Gasteiger partial charge in [-0.25, -0.2) is 4.79 Å². The minimum atomic E-state index is -0.474. The molecule has 2 aromatic heterocycles. The van der Waals surface area contributed by atoms with E-state index in [0.717, 1.165) is 17.3 Å². The standard InChI is InChI=1S/C20H21N3O5S/c1-11-6-5-7-14(8-11)27-9-16-22-23-20(28-16)29-10-15(24)18-12(2)17(13(3)21-18)19(25)26-4/h5-8,21H,9-10H2,1-4H3. The van der Waals surface area contributed by atoms with Crippen molar-refractivity contribution in [3.05, 3.63) is 58.2 Å². The molecule has 0 spiro atoms. The Bertz CT molecular complexity index is 1040. The molecule has 3 aromatic rings. The number of ether oxygens (including phenoxy) is 2. The molecule has 152 valence electrons. The van der Waals surface area contributed by atoms with Gasteiger partial charge in [0.25, 0.3) is 11.1 Å². The Hall–Kier alpha value is -3.07. The van der Waals surface area contributed by atoms with E-state index in [9.17, 15) is 9.59 Å². The smallest absolute Gasteiger partial charge is 0.339 e. The summed E-state index contributed by atoms with van der Waals surface area (Å²) >= 11 is 1.12. The zero-order valence-electron chi connectivity index (χ0n) is 16.6. The summed E-state index contributed by atoms with van der Waals surface area (Å²) in [6, 6.07) is 7.64. The van der Waals surface area contributed by atoms with E-state index < -0.39 is 5.97 Å². The lowest BCUT2D eigenvalue weighted by atomic mass is 10.1. The largest absolute Gasteiger partial charge is 0.484 e. The second-order valence-corrected chi connectivity index (χ2v) is 7.32. The second kappa shape index (κ2) is 8.95. The summed E-state index contributed by atoms with van der Waals surface area (Å²) in [6.45, 7) is 5.55. The molecule has 0 saturated heterocycles. The van der Waals surface area contributed by atoms with E-state index in [4.69, 9.17) is 13.9 Å². The van der Waals surface area contributed by atoms with Crippen LogP contribution in [0.3, 0.4) is 0 Å². The molecular weight excluding hydrogens is 394 g/mol. The number of hydrogen-bond donors (Lipinski definition) is 1. The molecule has 2 heterocycles. The molecule has 0 aliphatic carbocycles. The number of methoxy groups -OCH3 is 1. The van der Waals surface area contributed by atoms with E-state index in [1.807, 2.05) is 31.2 Å². The molecule has 0 atom stereocenters. The summed E-state index contributed by atoms with van der Waals surface area (Å²) in [5.74, 6) is 0.467. The monoisotopic (exact) mass is 415 g/mol. The van der Waals surface area contributed by atoms with E-state index in [1.54, 1.807) is 13.8 Å². The molecule has 0 saturated carbocycles. The molecule has 0 amide bonds. The minimum Gasteiger partial charge on any atom is -0.484 e. The third kappa shape index (κ3) is 4.86. The zero-order chi connectivity index (χ0) is 21.0. The lowest BCUT2D eigenvalue weighted by Gasteiger charge is -2.03. The van der Waals surface area contributed by atoms with Crippen molar-refractivity contribution in [1.29, 1.82) is 0 Å². The van der Waals surface area contributed by atoms with E-state index in [2.05, 4.69) is 15.2 Å². The van der Waals surface area contributed by atoms with Crippen molar-refractivity contribution in [2.45, 2.75) is 32.6 Å². The number of thioether (sulfide) groups is 1. The fourth-order valence-electron chi connectivity index (χ4n) is 2.84. The maximum atomic E-state index is 12.5. The van der Waals surface area contributed by atoms with Crippen LogP contribution in [0.2, 0.25) is 0 Å². The average molecular weight is 415 g/mol. The van der Waals surface area contributed by atoms with Gasteiger partial charge in [-0.15, -0.1) is 10.2 Å². The van der Waals surface area contributed by atoms with Crippen molar-refractivity contribution >= 4 is 23.5 Å². The summed E-state index contributed by atoms with van der Waals surface area (Å²) in [5, 5.41) is 8.13. The van der Waals surface area contributed by atoms with Gasteiger partial charge >= 0.3 is 5.97 Å². The minimum absolute atomic E-state index is 0.0851. The molecule has 8 nitrogen and oxygen atoms in total. The van der Waals surface area contributed by atoms with Gasteiger partial charge in [0.2, 0.25) is 0 Å². The number of H-pyrrole nitrogens is 1. The summed E-state index contributed by atoms with van der Waals surface area (Å²) in [6.07, 6.45) is 0. The fourth-order valence-corrected chi connectivity index (χ4v) is 3.49. The van der Waals surface area contributed by atoms with Gasteiger partial charge in [-0.1, -0.05) is 23.9 Å². The molecule has 1 N–H and O–H groups in total.